The summed E-state index contributed by atoms with van der Waals surface area (Å²) in [5.74, 6) is 0. The quantitative estimate of drug-likeness (QED) is 0.870. The molecule has 0 aliphatic carbocycles. The van der Waals surface area contributed by atoms with E-state index in [2.05, 4.69) is 0 Å². The van der Waals surface area contributed by atoms with Gasteiger partial charge in [0.05, 0.1) is 11.8 Å². The molecular weight excluding hydrogens is 312 g/mol. The average Bonchev–Trinajstić information content (AvgIpc) is 2.22. The van der Waals surface area contributed by atoms with Crippen molar-refractivity contribution in [3.05, 3.63) is 35.4 Å². The zero-order chi connectivity index (χ0) is 15.8. The Hall–Kier alpha value is -1.29. The highest BCUT2D eigenvalue weighted by Crippen LogP contribution is 2.40. The van der Waals surface area contributed by atoms with E-state index in [0.29, 0.717) is 18.4 Å². The summed E-state index contributed by atoms with van der Waals surface area (Å²) in [5.41, 5.74) is -2.74. The van der Waals surface area contributed by atoms with Crippen LogP contribution >= 0.6 is 0 Å². The molecule has 1 rings (SSSR count). The number of nitrogens with one attached hydrogen (secondary N) is 1. The maximum absolute atomic E-state index is 12.8. The zero-order valence-electron chi connectivity index (χ0n) is 9.88. The maximum Gasteiger partial charge on any atom is 0.416 e. The summed E-state index contributed by atoms with van der Waals surface area (Å²) in [5, 5.41) is 0. The summed E-state index contributed by atoms with van der Waals surface area (Å²) < 4.78 is 99.5. The van der Waals surface area contributed by atoms with Crippen molar-refractivity contribution in [3.63, 3.8) is 0 Å². The van der Waals surface area contributed by atoms with E-state index in [9.17, 15) is 34.8 Å². The van der Waals surface area contributed by atoms with E-state index in [1.807, 2.05) is 0 Å². The van der Waals surface area contributed by atoms with E-state index in [0.717, 1.165) is 12.1 Å². The van der Waals surface area contributed by atoms with Crippen molar-refractivity contribution in [3.8, 4) is 0 Å². The van der Waals surface area contributed by atoms with Crippen molar-refractivity contribution in [2.45, 2.75) is 18.4 Å². The Morgan fingerprint density at radius 1 is 1.05 bits per heavy atom. The van der Waals surface area contributed by atoms with E-state index in [4.69, 9.17) is 0 Å². The Morgan fingerprint density at radius 3 is 1.95 bits per heavy atom. The fourth-order valence-electron chi connectivity index (χ4n) is 1.53. The van der Waals surface area contributed by atoms with Crippen LogP contribution in [0.3, 0.4) is 0 Å². The van der Waals surface area contributed by atoms with Crippen molar-refractivity contribution < 1.29 is 34.8 Å². The SMILES string of the molecule is CS(=O)(=O)N[C@H](c1ccccc1C(F)(F)F)C(F)(F)F. The number of hydrogen-bond acceptors (Lipinski definition) is 2. The van der Waals surface area contributed by atoms with Gasteiger partial charge in [0.15, 0.2) is 0 Å². The zero-order valence-corrected chi connectivity index (χ0v) is 10.7. The molecule has 0 fully saturated rings. The van der Waals surface area contributed by atoms with Crippen LogP contribution in [0.2, 0.25) is 0 Å². The Balaban J connectivity index is 3.44. The minimum atomic E-state index is -5.20. The van der Waals surface area contributed by atoms with Gasteiger partial charge in [-0.2, -0.15) is 31.1 Å². The van der Waals surface area contributed by atoms with Gasteiger partial charge in [0.25, 0.3) is 0 Å². The predicted octanol–water partition coefficient (Wildman–Crippen LogP) is 2.86. The lowest BCUT2D eigenvalue weighted by atomic mass is 10.0. The molecular formula is C10H9F6NO2S. The van der Waals surface area contributed by atoms with Gasteiger partial charge < -0.3 is 0 Å². The molecule has 0 aliphatic heterocycles. The topological polar surface area (TPSA) is 46.2 Å². The molecule has 0 aliphatic rings. The first kappa shape index (κ1) is 16.8. The highest BCUT2D eigenvalue weighted by molar-refractivity contribution is 7.88. The minimum absolute atomic E-state index is 0.432. The van der Waals surface area contributed by atoms with E-state index in [1.165, 1.54) is 4.72 Å². The molecule has 1 N–H and O–H groups in total. The molecule has 1 aromatic carbocycles. The molecule has 20 heavy (non-hydrogen) atoms. The molecule has 0 aromatic heterocycles. The summed E-state index contributed by atoms with van der Waals surface area (Å²) in [6.45, 7) is 0. The van der Waals surface area contributed by atoms with Crippen molar-refractivity contribution in [1.82, 2.24) is 4.72 Å². The molecule has 0 heterocycles. The third-order valence-corrected chi connectivity index (χ3v) is 2.90. The van der Waals surface area contributed by atoms with E-state index in [-0.39, 0.29) is 0 Å². The molecule has 3 nitrogen and oxygen atoms in total. The second-order valence-corrected chi connectivity index (χ2v) is 5.73. The van der Waals surface area contributed by atoms with Crippen LogP contribution in [0.5, 0.6) is 0 Å². The van der Waals surface area contributed by atoms with Crippen LogP contribution in [-0.2, 0) is 16.2 Å². The Bertz CT molecular complexity index is 578. The largest absolute Gasteiger partial charge is 0.416 e. The normalized spacial score (nSPS) is 15.2. The maximum atomic E-state index is 12.8. The van der Waals surface area contributed by atoms with Crippen LogP contribution in [0.1, 0.15) is 17.2 Å². The smallest absolute Gasteiger partial charge is 0.213 e. The molecule has 0 radical (unpaired) electrons. The van der Waals surface area contributed by atoms with Crippen LogP contribution in [-0.4, -0.2) is 20.8 Å². The molecule has 10 heteroatoms. The second kappa shape index (κ2) is 5.24. The van der Waals surface area contributed by atoms with Crippen LogP contribution in [0.25, 0.3) is 0 Å². The summed E-state index contributed by atoms with van der Waals surface area (Å²) in [6.07, 6.45) is -9.80. The first-order valence-corrected chi connectivity index (χ1v) is 6.91. The third kappa shape index (κ3) is 4.37. The fourth-order valence-corrected chi connectivity index (χ4v) is 2.22. The Morgan fingerprint density at radius 2 is 1.55 bits per heavy atom. The van der Waals surface area contributed by atoms with Gasteiger partial charge in [-0.15, -0.1) is 0 Å². The second-order valence-electron chi connectivity index (χ2n) is 3.95. The van der Waals surface area contributed by atoms with Gasteiger partial charge in [-0.3, -0.25) is 0 Å². The number of hydrogen-bond donors (Lipinski definition) is 1. The predicted molar refractivity (Wildman–Crippen MR) is 58.2 cm³/mol. The van der Waals surface area contributed by atoms with Crippen LogP contribution < -0.4 is 4.72 Å². The summed E-state index contributed by atoms with van der Waals surface area (Å²) in [6, 6.07) is -0.0414. The lowest BCUT2D eigenvalue weighted by Gasteiger charge is -2.24. The van der Waals surface area contributed by atoms with Crippen LogP contribution in [0.15, 0.2) is 24.3 Å². The van der Waals surface area contributed by atoms with Gasteiger partial charge in [-0.05, 0) is 11.6 Å². The lowest BCUT2D eigenvalue weighted by molar-refractivity contribution is -0.158. The van der Waals surface area contributed by atoms with Gasteiger partial charge >= 0.3 is 12.4 Å². The molecule has 0 amide bonds. The van der Waals surface area contributed by atoms with Crippen LogP contribution in [0, 0.1) is 0 Å². The lowest BCUT2D eigenvalue weighted by Crippen LogP contribution is -2.38. The van der Waals surface area contributed by atoms with Crippen molar-refractivity contribution in [1.29, 1.82) is 0 Å². The minimum Gasteiger partial charge on any atom is -0.213 e. The van der Waals surface area contributed by atoms with Crippen molar-refractivity contribution in [2.75, 3.05) is 6.26 Å². The van der Waals surface area contributed by atoms with Crippen molar-refractivity contribution in [2.24, 2.45) is 0 Å². The number of rotatable bonds is 3. The van der Waals surface area contributed by atoms with Gasteiger partial charge in [0.1, 0.15) is 6.04 Å². The summed E-state index contributed by atoms with van der Waals surface area (Å²) >= 11 is 0. The van der Waals surface area contributed by atoms with E-state index >= 15 is 0 Å². The fraction of sp³-hybridized carbons (Fsp3) is 0.400. The molecule has 0 saturated heterocycles. The van der Waals surface area contributed by atoms with Gasteiger partial charge in [0.2, 0.25) is 10.0 Å². The van der Waals surface area contributed by atoms with Crippen LogP contribution in [0.4, 0.5) is 26.3 Å². The molecule has 1 atom stereocenters. The van der Waals surface area contributed by atoms with Gasteiger partial charge in [-0.1, -0.05) is 18.2 Å². The first-order chi connectivity index (χ1) is 8.82. The Kier molecular flexibility index (Phi) is 4.39. The monoisotopic (exact) mass is 321 g/mol. The number of benzene rings is 1. The number of alkyl halides is 6. The van der Waals surface area contributed by atoms with Crippen molar-refractivity contribution >= 4 is 10.0 Å². The summed E-state index contributed by atoms with van der Waals surface area (Å²) in [7, 11) is -4.35. The standard InChI is InChI=1S/C10H9F6NO2S/c1-20(18,19)17-8(10(14,15)16)6-4-2-3-5-7(6)9(11,12)13/h2-5,8,17H,1H3/t8-/m1/s1. The molecule has 0 spiro atoms. The molecule has 0 unspecified atom stereocenters. The molecule has 114 valence electrons. The highest BCUT2D eigenvalue weighted by Gasteiger charge is 2.46. The average molecular weight is 321 g/mol. The summed E-state index contributed by atoms with van der Waals surface area (Å²) in [4.78, 5) is 0. The Labute approximate surface area is 110 Å². The highest BCUT2D eigenvalue weighted by atomic mass is 32.2. The first-order valence-electron chi connectivity index (χ1n) is 5.02. The van der Waals surface area contributed by atoms with E-state index < -0.39 is 39.5 Å². The number of halogens is 6. The van der Waals surface area contributed by atoms with Gasteiger partial charge in [0, 0.05) is 0 Å². The molecule has 0 bridgehead atoms. The van der Waals surface area contributed by atoms with E-state index in [1.54, 1.807) is 0 Å². The van der Waals surface area contributed by atoms with Gasteiger partial charge in [-0.25, -0.2) is 8.42 Å². The molecule has 1 aromatic rings. The number of sulfonamides is 1. The molecule has 0 saturated carbocycles. The third-order valence-electron chi connectivity index (χ3n) is 2.24.